The van der Waals surface area contributed by atoms with Crippen molar-refractivity contribution in [2.75, 3.05) is 19.3 Å². The summed E-state index contributed by atoms with van der Waals surface area (Å²) in [6, 6.07) is 0. The molecule has 0 aromatic carbocycles. The number of hydrogen-bond acceptors (Lipinski definition) is 5. The van der Waals surface area contributed by atoms with Crippen molar-refractivity contribution in [3.05, 3.63) is 23.3 Å². The van der Waals surface area contributed by atoms with Gasteiger partial charge < -0.3 is 5.11 Å². The van der Waals surface area contributed by atoms with Crippen LogP contribution < -0.4 is 0 Å². The molecular formula is C12H19N3O3S. The van der Waals surface area contributed by atoms with E-state index in [1.54, 1.807) is 6.20 Å². The molecule has 1 N–H and O–H groups in total. The highest BCUT2D eigenvalue weighted by molar-refractivity contribution is 7.88. The molecule has 106 valence electrons. The topological polar surface area (TPSA) is 83.4 Å². The Balaban J connectivity index is 2.16. The van der Waals surface area contributed by atoms with Gasteiger partial charge in [-0.25, -0.2) is 22.7 Å². The van der Waals surface area contributed by atoms with Crippen LogP contribution in [-0.4, -0.2) is 47.1 Å². The van der Waals surface area contributed by atoms with Crippen LogP contribution in [0, 0.1) is 6.92 Å². The van der Waals surface area contributed by atoms with Gasteiger partial charge in [0.15, 0.2) is 0 Å². The van der Waals surface area contributed by atoms with Crippen molar-refractivity contribution < 1.29 is 13.5 Å². The monoisotopic (exact) mass is 285 g/mol. The Morgan fingerprint density at radius 2 is 2.05 bits per heavy atom. The number of rotatable bonds is 3. The van der Waals surface area contributed by atoms with Crippen LogP contribution in [0.2, 0.25) is 0 Å². The first kappa shape index (κ1) is 14.4. The molecule has 1 aromatic rings. The van der Waals surface area contributed by atoms with Crippen LogP contribution in [0.5, 0.6) is 0 Å². The molecule has 2 rings (SSSR count). The zero-order valence-electron chi connectivity index (χ0n) is 11.2. The second-order valence-corrected chi connectivity index (χ2v) is 6.90. The predicted molar refractivity (Wildman–Crippen MR) is 71.1 cm³/mol. The van der Waals surface area contributed by atoms with E-state index in [1.165, 1.54) is 10.6 Å². The molecule has 7 heteroatoms. The normalized spacial score (nSPS) is 18.7. The Kier molecular flexibility index (Phi) is 4.17. The maximum Gasteiger partial charge on any atom is 0.211 e. The van der Waals surface area contributed by atoms with Gasteiger partial charge in [-0.2, -0.15) is 0 Å². The van der Waals surface area contributed by atoms with E-state index in [9.17, 15) is 13.5 Å². The van der Waals surface area contributed by atoms with E-state index in [1.807, 2.05) is 6.92 Å². The molecule has 2 heterocycles. The van der Waals surface area contributed by atoms with Gasteiger partial charge in [-0.3, -0.25) is 0 Å². The first-order valence-electron chi connectivity index (χ1n) is 6.30. The lowest BCUT2D eigenvalue weighted by Gasteiger charge is -2.30. The van der Waals surface area contributed by atoms with Crippen LogP contribution in [0.4, 0.5) is 0 Å². The fraction of sp³-hybridized carbons (Fsp3) is 0.667. The van der Waals surface area contributed by atoms with E-state index >= 15 is 0 Å². The Morgan fingerprint density at radius 3 is 2.58 bits per heavy atom. The van der Waals surface area contributed by atoms with Crippen molar-refractivity contribution >= 4 is 10.0 Å². The van der Waals surface area contributed by atoms with E-state index in [4.69, 9.17) is 0 Å². The summed E-state index contributed by atoms with van der Waals surface area (Å²) in [5.41, 5.74) is 1.60. The minimum absolute atomic E-state index is 0.0814. The van der Waals surface area contributed by atoms with E-state index in [0.29, 0.717) is 18.9 Å². The van der Waals surface area contributed by atoms with Crippen molar-refractivity contribution in [2.24, 2.45) is 0 Å². The summed E-state index contributed by atoms with van der Waals surface area (Å²) in [5, 5.41) is 9.33. The SMILES string of the molecule is Cc1ncc(CO)c(C2CCN(S(C)(=O)=O)CC2)n1. The maximum absolute atomic E-state index is 11.5. The lowest BCUT2D eigenvalue weighted by molar-refractivity contribution is 0.273. The van der Waals surface area contributed by atoms with E-state index < -0.39 is 10.0 Å². The molecule has 1 saturated heterocycles. The molecule has 0 atom stereocenters. The second kappa shape index (κ2) is 5.52. The van der Waals surface area contributed by atoms with Gasteiger partial charge in [0.25, 0.3) is 0 Å². The third-order valence-electron chi connectivity index (χ3n) is 3.50. The lowest BCUT2D eigenvalue weighted by atomic mass is 9.92. The minimum atomic E-state index is -3.10. The van der Waals surface area contributed by atoms with E-state index in [-0.39, 0.29) is 12.5 Å². The number of aryl methyl sites for hydroxylation is 1. The fourth-order valence-electron chi connectivity index (χ4n) is 2.45. The maximum atomic E-state index is 11.5. The van der Waals surface area contributed by atoms with E-state index in [2.05, 4.69) is 9.97 Å². The number of sulfonamides is 1. The Morgan fingerprint density at radius 1 is 1.42 bits per heavy atom. The summed E-state index contributed by atoms with van der Waals surface area (Å²) < 4.78 is 24.4. The zero-order valence-corrected chi connectivity index (χ0v) is 12.0. The number of nitrogens with zero attached hydrogens (tertiary/aromatic N) is 3. The minimum Gasteiger partial charge on any atom is -0.392 e. The highest BCUT2D eigenvalue weighted by Crippen LogP contribution is 2.29. The van der Waals surface area contributed by atoms with Gasteiger partial charge in [0.2, 0.25) is 10.0 Å². The van der Waals surface area contributed by atoms with Crippen molar-refractivity contribution in [3.63, 3.8) is 0 Å². The van der Waals surface area contributed by atoms with Crippen molar-refractivity contribution in [1.29, 1.82) is 0 Å². The Labute approximate surface area is 113 Å². The summed E-state index contributed by atoms with van der Waals surface area (Å²) in [7, 11) is -3.10. The van der Waals surface area contributed by atoms with Crippen LogP contribution in [0.15, 0.2) is 6.20 Å². The van der Waals surface area contributed by atoms with Gasteiger partial charge in [0, 0.05) is 30.8 Å². The smallest absolute Gasteiger partial charge is 0.211 e. The Bertz CT molecular complexity index is 551. The third-order valence-corrected chi connectivity index (χ3v) is 4.80. The molecule has 0 spiro atoms. The number of aromatic nitrogens is 2. The molecule has 0 bridgehead atoms. The molecule has 0 unspecified atom stereocenters. The van der Waals surface area contributed by atoms with Gasteiger partial charge in [0.1, 0.15) is 5.82 Å². The number of aliphatic hydroxyl groups excluding tert-OH is 1. The second-order valence-electron chi connectivity index (χ2n) is 4.92. The average molecular weight is 285 g/mol. The van der Waals surface area contributed by atoms with Gasteiger partial charge in [-0.05, 0) is 19.8 Å². The molecule has 0 aliphatic carbocycles. The van der Waals surface area contributed by atoms with Crippen molar-refractivity contribution in [3.8, 4) is 0 Å². The molecule has 0 saturated carbocycles. The number of aliphatic hydroxyl groups is 1. The Hall–Kier alpha value is -1.05. The van der Waals surface area contributed by atoms with Crippen LogP contribution in [-0.2, 0) is 16.6 Å². The summed E-state index contributed by atoms with van der Waals surface area (Å²) >= 11 is 0. The molecule has 0 radical (unpaired) electrons. The van der Waals surface area contributed by atoms with Crippen LogP contribution in [0.25, 0.3) is 0 Å². The summed E-state index contributed by atoms with van der Waals surface area (Å²) in [5.74, 6) is 0.875. The molecule has 19 heavy (non-hydrogen) atoms. The van der Waals surface area contributed by atoms with Crippen molar-refractivity contribution in [2.45, 2.75) is 32.3 Å². The molecule has 1 aromatic heterocycles. The molecular weight excluding hydrogens is 266 g/mol. The van der Waals surface area contributed by atoms with Crippen LogP contribution >= 0.6 is 0 Å². The van der Waals surface area contributed by atoms with Gasteiger partial charge >= 0.3 is 0 Å². The average Bonchev–Trinajstić information content (AvgIpc) is 2.38. The number of hydrogen-bond donors (Lipinski definition) is 1. The summed E-state index contributed by atoms with van der Waals surface area (Å²) in [6.45, 7) is 2.76. The third kappa shape index (κ3) is 3.29. The summed E-state index contributed by atoms with van der Waals surface area (Å²) in [6.07, 6.45) is 4.36. The molecule has 1 aliphatic heterocycles. The largest absolute Gasteiger partial charge is 0.392 e. The summed E-state index contributed by atoms with van der Waals surface area (Å²) in [4.78, 5) is 8.50. The molecule has 1 fully saturated rings. The highest BCUT2D eigenvalue weighted by atomic mass is 32.2. The van der Waals surface area contributed by atoms with Gasteiger partial charge in [-0.1, -0.05) is 0 Å². The van der Waals surface area contributed by atoms with Crippen molar-refractivity contribution in [1.82, 2.24) is 14.3 Å². The quantitative estimate of drug-likeness (QED) is 0.870. The molecule has 1 aliphatic rings. The van der Waals surface area contributed by atoms with Gasteiger partial charge in [-0.15, -0.1) is 0 Å². The lowest BCUT2D eigenvalue weighted by Crippen LogP contribution is -2.37. The van der Waals surface area contributed by atoms with Crippen LogP contribution in [0.1, 0.15) is 35.8 Å². The highest BCUT2D eigenvalue weighted by Gasteiger charge is 2.27. The standard InChI is InChI=1S/C12H19N3O3S/c1-9-13-7-11(8-16)12(14-9)10-3-5-15(6-4-10)19(2,17)18/h7,10,16H,3-6,8H2,1-2H3. The van der Waals surface area contributed by atoms with E-state index in [0.717, 1.165) is 24.1 Å². The van der Waals surface area contributed by atoms with Crippen LogP contribution in [0.3, 0.4) is 0 Å². The fourth-order valence-corrected chi connectivity index (χ4v) is 3.32. The van der Waals surface area contributed by atoms with Gasteiger partial charge in [0.05, 0.1) is 18.6 Å². The molecule has 0 amide bonds. The first-order chi connectivity index (χ1) is 8.91. The zero-order chi connectivity index (χ0) is 14.0. The number of piperidine rings is 1. The molecule has 6 nitrogen and oxygen atoms in total. The predicted octanol–water partition coefficient (Wildman–Crippen LogP) is 0.416. The first-order valence-corrected chi connectivity index (χ1v) is 8.15.